The summed E-state index contributed by atoms with van der Waals surface area (Å²) >= 11 is 0.755. The van der Waals surface area contributed by atoms with E-state index >= 15 is 38.4 Å². The van der Waals surface area contributed by atoms with Crippen LogP contribution in [0, 0.1) is 11.3 Å². The first kappa shape index (κ1) is 110. The number of amides is 17. The molecule has 45 heteroatoms. The van der Waals surface area contributed by atoms with Gasteiger partial charge in [-0.15, -0.1) is 11.8 Å². The van der Waals surface area contributed by atoms with Crippen LogP contribution in [-0.2, 0) is 101 Å². The van der Waals surface area contributed by atoms with Crippen molar-refractivity contribution in [3.8, 4) is 22.8 Å². The summed E-state index contributed by atoms with van der Waals surface area (Å²) in [6.07, 6.45) is -0.696. The number of unbranched alkanes of at least 4 members (excludes halogenated alkanes) is 2. The van der Waals surface area contributed by atoms with E-state index in [1.807, 2.05) is 13.8 Å². The Balaban J connectivity index is 1.13. The van der Waals surface area contributed by atoms with Crippen molar-refractivity contribution in [1.82, 2.24) is 93.0 Å². The number of thioether (sulfide) groups is 1. The highest BCUT2D eigenvalue weighted by atomic mass is 32.2. The number of primary amides is 2. The maximum atomic E-state index is 16.2. The fourth-order valence-corrected chi connectivity index (χ4v) is 18.2. The highest BCUT2D eigenvalue weighted by Crippen LogP contribution is 2.35. The predicted octanol–water partition coefficient (Wildman–Crippen LogP) is -2.26. The lowest BCUT2D eigenvalue weighted by Crippen LogP contribution is -2.62. The van der Waals surface area contributed by atoms with Crippen LogP contribution in [0.2, 0.25) is 0 Å². The Hall–Kier alpha value is -14.0. The number of aliphatic hydroxyl groups is 2. The molecule has 2 unspecified atom stereocenters. The summed E-state index contributed by atoms with van der Waals surface area (Å²) in [6, 6.07) is 4.36. The molecule has 25 N–H and O–H groups in total. The molecule has 2 aromatic heterocycles. The van der Waals surface area contributed by atoms with E-state index in [9.17, 15) is 58.5 Å². The molecule has 4 aromatic carbocycles. The number of nitrogens with zero attached hydrogens (tertiary/aromatic N) is 5. The number of phenolic OH excluding ortho intramolecular Hbond substituents is 1. The average molecular weight is 1970 g/mol. The number of para-hydroxylation sites is 2. The first-order chi connectivity index (χ1) is 66.7. The molecule has 9 rings (SSSR count). The number of likely N-dealkylation sites (N-methyl/N-ethyl adjacent to an activating group) is 3. The Morgan fingerprint density at radius 2 is 1.16 bits per heavy atom. The summed E-state index contributed by atoms with van der Waals surface area (Å²) in [5.74, 6) is -17.9. The number of methoxy groups -OCH3 is 1. The monoisotopic (exact) mass is 1960 g/mol. The van der Waals surface area contributed by atoms with Gasteiger partial charge in [-0.05, 0) is 111 Å². The van der Waals surface area contributed by atoms with Gasteiger partial charge in [0, 0.05) is 118 Å². The molecule has 6 aromatic rings. The molecule has 44 nitrogen and oxygen atoms in total. The quantitative estimate of drug-likeness (QED) is 0.0147. The summed E-state index contributed by atoms with van der Waals surface area (Å²) in [5.41, 5.74) is 26.6. The van der Waals surface area contributed by atoms with Gasteiger partial charge in [-0.1, -0.05) is 114 Å². The molecule has 0 spiro atoms. The standard InChI is InChI=1S/C95H133N23O21S/c1-10-12-28-73-87(131)106-64(27-19-35-101-95(99)100)83(127)113-72(82(126)103-46-78(98)123)49-140-50-79(124)104-67(38-53-31-33-56(120)34-32-53)90(134)114(6)52(5)81(125)108-69(43-77(97)122)92(136)117-36-20-30-74(117)88(132)111-70(44-96)85(129)109-66(37-51(3)4)93(137)118-47-57(121)41-76(118)89(133)107-65(40-55-45-102-62-25-16-14-23-59(55)62)84(128)112-71(48-119)86(130)110-68(91(135)116(8)75(29-13-11-2)94(138)115(73)7)42-61-60-24-15-17-26-63(60)105-80(61)54-21-18-22-58(39-54)139-9/h14-18,21-26,31-34,39,45,51-52,57,64-76,102,105,119-121H,10-13,19-20,27-30,35-38,40-44,46-50,96H2,1-9H3,(H2,97,122)(H2,98,123)(H,103,126)(H,104,124)(H,106,131)(H,107,133)(H,108,125)(H,109,129)(H,110,130)(H,111,132)(H,112,128)(H,113,127)(H4,99,100,101)/t52-,57+,64?,65-,66-,67-,68-,69?,70-,71-,72-,73-,74-,75-,76-/m0/s1. The second-order valence-electron chi connectivity index (χ2n) is 35.8. The number of carbonyl (C=O) groups is 17. The van der Waals surface area contributed by atoms with E-state index in [1.54, 1.807) is 92.8 Å². The number of aromatic hydroxyl groups is 1. The number of phenols is 1. The van der Waals surface area contributed by atoms with Gasteiger partial charge in [0.05, 0.1) is 38.5 Å². The highest BCUT2D eigenvalue weighted by molar-refractivity contribution is 8.00. The maximum absolute atomic E-state index is 16.2. The smallest absolute Gasteiger partial charge is 0.246 e. The third-order valence-electron chi connectivity index (χ3n) is 25.1. The first-order valence-electron chi connectivity index (χ1n) is 46.9. The Labute approximate surface area is 814 Å². The molecule has 0 saturated carbocycles. The van der Waals surface area contributed by atoms with Crippen LogP contribution in [0.25, 0.3) is 33.1 Å². The zero-order chi connectivity index (χ0) is 102. The lowest BCUT2D eigenvalue weighted by Gasteiger charge is -2.36. The number of carbonyl (C=O) groups excluding carboxylic acids is 17. The van der Waals surface area contributed by atoms with Gasteiger partial charge in [0.1, 0.15) is 96.1 Å². The van der Waals surface area contributed by atoms with Crippen LogP contribution in [0.4, 0.5) is 0 Å². The summed E-state index contributed by atoms with van der Waals surface area (Å²) in [4.78, 5) is 263. The van der Waals surface area contributed by atoms with Gasteiger partial charge >= 0.3 is 0 Å². The van der Waals surface area contributed by atoms with Crippen LogP contribution < -0.4 is 86.2 Å². The maximum Gasteiger partial charge on any atom is 0.246 e. The van der Waals surface area contributed by atoms with Crippen molar-refractivity contribution in [3.63, 3.8) is 0 Å². The Morgan fingerprint density at radius 3 is 1.82 bits per heavy atom. The number of benzene rings is 4. The number of nitrogens with one attached hydrogen (secondary N) is 14. The van der Waals surface area contributed by atoms with E-state index in [0.29, 0.717) is 81.2 Å². The van der Waals surface area contributed by atoms with Crippen LogP contribution in [-0.4, -0.2) is 326 Å². The second kappa shape index (κ2) is 52.2. The summed E-state index contributed by atoms with van der Waals surface area (Å²) in [5, 5.41) is 71.1. The van der Waals surface area contributed by atoms with Crippen molar-refractivity contribution < 1.29 is 102 Å². The topological polar surface area (TPSA) is 668 Å². The van der Waals surface area contributed by atoms with E-state index in [2.05, 4.69) is 68.5 Å². The number of ether oxygens (including phenoxy) is 1. The molecular weight excluding hydrogens is 1830 g/mol. The van der Waals surface area contributed by atoms with E-state index in [1.165, 1.54) is 59.4 Å². The van der Waals surface area contributed by atoms with Gasteiger partial charge in [-0.3, -0.25) is 86.9 Å². The summed E-state index contributed by atoms with van der Waals surface area (Å²) in [7, 11) is 5.38. The summed E-state index contributed by atoms with van der Waals surface area (Å²) < 4.78 is 5.65. The minimum atomic E-state index is -1.94. The summed E-state index contributed by atoms with van der Waals surface area (Å²) in [6.45, 7) is 5.30. The van der Waals surface area contributed by atoms with Crippen LogP contribution in [0.5, 0.6) is 11.5 Å². The first-order valence-corrected chi connectivity index (χ1v) is 48.0. The molecule has 15 atom stereocenters. The molecule has 5 heterocycles. The molecule has 17 amide bonds. The molecule has 3 saturated heterocycles. The number of nitrogens with two attached hydrogens (primary N) is 4. The number of aromatic nitrogens is 2. The molecule has 0 radical (unpaired) electrons. The lowest BCUT2D eigenvalue weighted by molar-refractivity contribution is -0.149. The third-order valence-corrected chi connectivity index (χ3v) is 26.1. The van der Waals surface area contributed by atoms with Crippen LogP contribution in [0.3, 0.4) is 0 Å². The average Bonchev–Trinajstić information content (AvgIpc) is 1.62. The SMILES string of the molecule is CCCC[C@H]1C(=O)N(C)[C@@H](CCCC)C(=O)NC(CCCNC(=N)N)C(=O)N[C@H](C(=O)NCC(N)=O)CSCC(=O)N[C@@H](Cc2ccc(O)cc2)C(=O)N(C)[C@@H](C)C(=O)NC(CC(N)=O)C(=O)N2CCC[C@H]2C(=O)N[C@@H](CN)C(=O)N[C@@H](CC(C)C)C(=O)N2C[C@H](O)C[C@H]2C(=O)N[C@@H](Cc2c[nH]c3ccccc23)C(=O)N[C@@H](CO)C(=O)N[C@@H](Cc2c(-c3cccc(OC)c3)[nH]c3ccccc23)C(=O)N1C. The number of fused-ring (bicyclic) bond motifs is 4. The number of H-pyrrole nitrogens is 2. The molecule has 140 heavy (non-hydrogen) atoms. The molecule has 3 aliphatic heterocycles. The highest BCUT2D eigenvalue weighted by Gasteiger charge is 2.47. The van der Waals surface area contributed by atoms with Crippen molar-refractivity contribution >= 4 is 140 Å². The molecule has 760 valence electrons. The zero-order valence-corrected chi connectivity index (χ0v) is 81.0. The minimum Gasteiger partial charge on any atom is -0.508 e. The number of hydrogen-bond donors (Lipinski definition) is 21. The molecule has 0 bridgehead atoms. The van der Waals surface area contributed by atoms with Gasteiger partial charge in [0.15, 0.2) is 5.96 Å². The van der Waals surface area contributed by atoms with Crippen LogP contribution in [0.15, 0.2) is 103 Å². The van der Waals surface area contributed by atoms with Crippen molar-refractivity contribution in [3.05, 3.63) is 120 Å². The molecular formula is C95H133N23O21S. The van der Waals surface area contributed by atoms with Crippen molar-refractivity contribution in [2.45, 2.75) is 228 Å². The molecule has 0 aliphatic carbocycles. The lowest BCUT2D eigenvalue weighted by atomic mass is 9.96. The third kappa shape index (κ3) is 29.8. The predicted molar refractivity (Wildman–Crippen MR) is 519 cm³/mol. The van der Waals surface area contributed by atoms with Gasteiger partial charge < -0.3 is 136 Å². The number of guanidine groups is 1. The second-order valence-corrected chi connectivity index (χ2v) is 36.9. The molecule has 3 fully saturated rings. The number of aromatic amines is 2. The Morgan fingerprint density at radius 1 is 0.579 bits per heavy atom. The van der Waals surface area contributed by atoms with Crippen LogP contribution >= 0.6 is 11.8 Å². The van der Waals surface area contributed by atoms with Crippen molar-refractivity contribution in [1.29, 1.82) is 5.41 Å². The number of aliphatic hydroxyl groups excluding tert-OH is 2. The zero-order valence-electron chi connectivity index (χ0n) is 80.2. The normalized spacial score (nSPS) is 24.3. The van der Waals surface area contributed by atoms with Gasteiger partial charge in [-0.25, -0.2) is 0 Å². The Bertz CT molecular complexity index is 5440. The van der Waals surface area contributed by atoms with Gasteiger partial charge in [0.25, 0.3) is 0 Å². The minimum absolute atomic E-state index is 0.0209. The Kier molecular flexibility index (Phi) is 40.9. The van der Waals surface area contributed by atoms with E-state index in [0.717, 1.165) is 36.3 Å². The fourth-order valence-electron chi connectivity index (χ4n) is 17.3. The van der Waals surface area contributed by atoms with Gasteiger partial charge in [0.2, 0.25) is 100 Å². The van der Waals surface area contributed by atoms with Gasteiger partial charge in [-0.2, -0.15) is 0 Å². The largest absolute Gasteiger partial charge is 0.508 e. The van der Waals surface area contributed by atoms with Crippen molar-refractivity contribution in [2.24, 2.45) is 28.9 Å². The van der Waals surface area contributed by atoms with Crippen LogP contribution in [0.1, 0.15) is 135 Å². The number of rotatable bonds is 27. The van der Waals surface area contributed by atoms with E-state index < -0.39 is 248 Å². The van der Waals surface area contributed by atoms with Crippen molar-refractivity contribution in [2.75, 3.05) is 79.1 Å². The van der Waals surface area contributed by atoms with E-state index in [-0.39, 0.29) is 89.0 Å². The van der Waals surface area contributed by atoms with E-state index in [4.69, 9.17) is 33.1 Å². The number of hydrogen-bond acceptors (Lipinski definition) is 24. The molecule has 3 aliphatic rings. The fraction of sp³-hybridized carbons (Fsp3) is 0.516.